The monoisotopic (exact) mass is 256 g/mol. The molecule has 0 bridgehead atoms. The van der Waals surface area contributed by atoms with E-state index in [-0.39, 0.29) is 5.78 Å². The van der Waals surface area contributed by atoms with Crippen molar-refractivity contribution in [2.24, 2.45) is 0 Å². The molecule has 0 heterocycles. The van der Waals surface area contributed by atoms with Crippen LogP contribution in [-0.2, 0) is 0 Å². The highest BCUT2D eigenvalue weighted by atomic mass is 79.9. The van der Waals surface area contributed by atoms with Crippen molar-refractivity contribution in [3.8, 4) is 5.75 Å². The summed E-state index contributed by atoms with van der Waals surface area (Å²) in [5, 5.41) is 0. The zero-order valence-electron chi connectivity index (χ0n) is 8.77. The smallest absolute Gasteiger partial charge is 0.164 e. The van der Waals surface area contributed by atoms with Gasteiger partial charge in [0.15, 0.2) is 5.78 Å². The van der Waals surface area contributed by atoms with Crippen molar-refractivity contribution in [2.45, 2.75) is 20.8 Å². The van der Waals surface area contributed by atoms with E-state index in [4.69, 9.17) is 4.74 Å². The zero-order chi connectivity index (χ0) is 10.9. The van der Waals surface area contributed by atoms with Gasteiger partial charge in [0.05, 0.1) is 12.7 Å². The number of carbonyl (C=O) groups is 1. The summed E-state index contributed by atoms with van der Waals surface area (Å²) >= 11 is 3.41. The summed E-state index contributed by atoms with van der Waals surface area (Å²) in [4.78, 5) is 11.4. The van der Waals surface area contributed by atoms with E-state index in [1.165, 1.54) is 0 Å². The summed E-state index contributed by atoms with van der Waals surface area (Å²) in [5.74, 6) is 0.676. The van der Waals surface area contributed by atoms with Crippen LogP contribution in [0.4, 0.5) is 0 Å². The van der Waals surface area contributed by atoms with E-state index in [0.717, 1.165) is 15.6 Å². The average molecular weight is 257 g/mol. The molecule has 1 aromatic carbocycles. The van der Waals surface area contributed by atoms with Crippen LogP contribution in [-0.4, -0.2) is 12.9 Å². The molecule has 2 nitrogen and oxygen atoms in total. The van der Waals surface area contributed by atoms with Gasteiger partial charge >= 0.3 is 0 Å². The molecule has 0 fully saturated rings. The Morgan fingerprint density at radius 1 is 1.36 bits per heavy atom. The highest BCUT2D eigenvalue weighted by Gasteiger charge is 2.16. The molecule has 0 unspecified atom stereocenters. The first-order valence-electron chi connectivity index (χ1n) is 4.33. The summed E-state index contributed by atoms with van der Waals surface area (Å²) in [7, 11) is 1.58. The van der Waals surface area contributed by atoms with Gasteiger partial charge < -0.3 is 4.74 Å². The number of Topliss-reactive ketones (excluding diaryl/α,β-unsaturated/α-hetero) is 1. The van der Waals surface area contributed by atoms with Gasteiger partial charge in [-0.15, -0.1) is 0 Å². The quantitative estimate of drug-likeness (QED) is 0.760. The molecule has 0 N–H and O–H groups in total. The van der Waals surface area contributed by atoms with Crippen LogP contribution in [0.2, 0.25) is 0 Å². The van der Waals surface area contributed by atoms with Gasteiger partial charge in [-0.25, -0.2) is 0 Å². The molecule has 0 aliphatic carbocycles. The molecule has 0 amide bonds. The molecule has 1 aromatic rings. The zero-order valence-corrected chi connectivity index (χ0v) is 10.4. The van der Waals surface area contributed by atoms with Crippen molar-refractivity contribution < 1.29 is 9.53 Å². The average Bonchev–Trinajstić information content (AvgIpc) is 2.10. The van der Waals surface area contributed by atoms with Crippen LogP contribution in [0.15, 0.2) is 10.5 Å². The predicted octanol–water partition coefficient (Wildman–Crippen LogP) is 3.28. The lowest BCUT2D eigenvalue weighted by Gasteiger charge is -2.13. The van der Waals surface area contributed by atoms with E-state index in [0.29, 0.717) is 11.3 Å². The number of methoxy groups -OCH3 is 1. The van der Waals surface area contributed by atoms with Crippen LogP contribution in [0.5, 0.6) is 5.75 Å². The van der Waals surface area contributed by atoms with Crippen molar-refractivity contribution >= 4 is 21.7 Å². The van der Waals surface area contributed by atoms with E-state index in [1.54, 1.807) is 14.0 Å². The van der Waals surface area contributed by atoms with Crippen LogP contribution < -0.4 is 4.74 Å². The molecule has 0 atom stereocenters. The van der Waals surface area contributed by atoms with Gasteiger partial charge in [-0.1, -0.05) is 6.07 Å². The molecule has 3 heteroatoms. The van der Waals surface area contributed by atoms with Gasteiger partial charge in [-0.2, -0.15) is 0 Å². The summed E-state index contributed by atoms with van der Waals surface area (Å²) in [5.41, 5.74) is 2.66. The third kappa shape index (κ3) is 1.82. The first-order valence-corrected chi connectivity index (χ1v) is 5.13. The van der Waals surface area contributed by atoms with Crippen LogP contribution in [0.1, 0.15) is 28.4 Å². The molecule has 0 saturated heterocycles. The topological polar surface area (TPSA) is 26.3 Å². The number of hydrogen-bond acceptors (Lipinski definition) is 2. The lowest BCUT2D eigenvalue weighted by atomic mass is 10.0. The van der Waals surface area contributed by atoms with E-state index >= 15 is 0 Å². The lowest BCUT2D eigenvalue weighted by Crippen LogP contribution is -2.02. The SMILES string of the molecule is COc1c(C)cc(C)c(Br)c1C(C)=O. The van der Waals surface area contributed by atoms with Gasteiger partial charge in [-0.3, -0.25) is 4.79 Å². The Labute approximate surface area is 92.4 Å². The summed E-state index contributed by atoms with van der Waals surface area (Å²) < 4.78 is 6.05. The molecule has 1 rings (SSSR count). The largest absolute Gasteiger partial charge is 0.496 e. The molecule has 0 spiro atoms. The molecule has 0 aliphatic heterocycles. The van der Waals surface area contributed by atoms with Gasteiger partial charge in [-0.05, 0) is 47.8 Å². The molecule has 76 valence electrons. The van der Waals surface area contributed by atoms with E-state index in [9.17, 15) is 4.79 Å². The Bertz CT molecular complexity index is 383. The Hall–Kier alpha value is -0.830. The van der Waals surface area contributed by atoms with Crippen molar-refractivity contribution in [1.82, 2.24) is 0 Å². The second kappa shape index (κ2) is 4.13. The van der Waals surface area contributed by atoms with Crippen LogP contribution in [0.3, 0.4) is 0 Å². The number of rotatable bonds is 2. The Kier molecular flexibility index (Phi) is 3.32. The van der Waals surface area contributed by atoms with Crippen LogP contribution in [0.25, 0.3) is 0 Å². The molecule has 14 heavy (non-hydrogen) atoms. The number of aryl methyl sites for hydroxylation is 2. The molecular weight excluding hydrogens is 244 g/mol. The van der Waals surface area contributed by atoms with Gasteiger partial charge in [0, 0.05) is 4.47 Å². The van der Waals surface area contributed by atoms with Crippen molar-refractivity contribution in [3.63, 3.8) is 0 Å². The van der Waals surface area contributed by atoms with Gasteiger partial charge in [0.25, 0.3) is 0 Å². The molecule has 0 saturated carbocycles. The molecule has 0 radical (unpaired) electrons. The van der Waals surface area contributed by atoms with Crippen molar-refractivity contribution in [3.05, 3.63) is 27.2 Å². The Morgan fingerprint density at radius 3 is 2.36 bits per heavy atom. The Morgan fingerprint density at radius 2 is 1.93 bits per heavy atom. The maximum atomic E-state index is 11.4. The highest BCUT2D eigenvalue weighted by Crippen LogP contribution is 2.33. The van der Waals surface area contributed by atoms with Crippen LogP contribution in [0, 0.1) is 13.8 Å². The van der Waals surface area contributed by atoms with Gasteiger partial charge in [0.1, 0.15) is 5.75 Å². The minimum atomic E-state index is 0.0144. The van der Waals surface area contributed by atoms with E-state index in [2.05, 4.69) is 15.9 Å². The minimum absolute atomic E-state index is 0.0144. The second-order valence-electron chi connectivity index (χ2n) is 3.29. The standard InChI is InChI=1S/C11H13BrO2/c1-6-5-7(2)11(14-4)9(8(3)13)10(6)12/h5H,1-4H3. The van der Waals surface area contributed by atoms with Crippen LogP contribution >= 0.6 is 15.9 Å². The Balaban J connectivity index is 3.56. The first-order chi connectivity index (χ1) is 6.49. The molecular formula is C11H13BrO2. The van der Waals surface area contributed by atoms with Crippen molar-refractivity contribution in [2.75, 3.05) is 7.11 Å². The minimum Gasteiger partial charge on any atom is -0.496 e. The number of carbonyl (C=O) groups excluding carboxylic acids is 1. The molecule has 0 aromatic heterocycles. The van der Waals surface area contributed by atoms with E-state index in [1.807, 2.05) is 19.9 Å². The number of hydrogen-bond donors (Lipinski definition) is 0. The summed E-state index contributed by atoms with van der Waals surface area (Å²) in [6.45, 7) is 5.44. The first kappa shape index (κ1) is 11.2. The number of halogens is 1. The maximum Gasteiger partial charge on any atom is 0.164 e. The number of ketones is 1. The predicted molar refractivity (Wildman–Crippen MR) is 60.2 cm³/mol. The fourth-order valence-electron chi connectivity index (χ4n) is 1.53. The van der Waals surface area contributed by atoms with E-state index < -0.39 is 0 Å². The number of ether oxygens (including phenoxy) is 1. The molecule has 0 aliphatic rings. The third-order valence-electron chi connectivity index (χ3n) is 2.14. The summed E-state index contributed by atoms with van der Waals surface area (Å²) in [6, 6.07) is 2.00. The fourth-order valence-corrected chi connectivity index (χ4v) is 2.10. The number of benzene rings is 1. The van der Waals surface area contributed by atoms with Gasteiger partial charge in [0.2, 0.25) is 0 Å². The third-order valence-corrected chi connectivity index (χ3v) is 3.16. The lowest BCUT2D eigenvalue weighted by molar-refractivity contribution is 0.101. The second-order valence-corrected chi connectivity index (χ2v) is 4.08. The fraction of sp³-hybridized carbons (Fsp3) is 0.364. The summed E-state index contributed by atoms with van der Waals surface area (Å²) in [6.07, 6.45) is 0. The normalized spacial score (nSPS) is 10.1. The highest BCUT2D eigenvalue weighted by molar-refractivity contribution is 9.10. The van der Waals surface area contributed by atoms with Crippen molar-refractivity contribution in [1.29, 1.82) is 0 Å². The maximum absolute atomic E-state index is 11.4.